The quantitative estimate of drug-likeness (QED) is 0.881. The number of nitrogens with zero attached hydrogens (tertiary/aromatic N) is 2. The zero-order valence-corrected chi connectivity index (χ0v) is 14.3. The van der Waals surface area contributed by atoms with Crippen LogP contribution in [0.1, 0.15) is 49.4 Å². The summed E-state index contributed by atoms with van der Waals surface area (Å²) >= 11 is 0. The molecule has 1 amide bonds. The minimum absolute atomic E-state index is 0.156. The van der Waals surface area contributed by atoms with E-state index in [1.54, 1.807) is 12.3 Å². The van der Waals surface area contributed by atoms with Crippen molar-refractivity contribution in [2.45, 2.75) is 45.6 Å². The molecule has 0 saturated carbocycles. The van der Waals surface area contributed by atoms with Gasteiger partial charge in [0.1, 0.15) is 5.56 Å². The Hall–Kier alpha value is -2.30. The van der Waals surface area contributed by atoms with E-state index in [-0.39, 0.29) is 16.9 Å². The van der Waals surface area contributed by atoms with Crippen LogP contribution in [-0.4, -0.2) is 28.5 Å². The lowest BCUT2D eigenvalue weighted by Crippen LogP contribution is -2.35. The minimum atomic E-state index is -0.246. The summed E-state index contributed by atoms with van der Waals surface area (Å²) < 4.78 is 1.98. The fourth-order valence-corrected chi connectivity index (χ4v) is 3.49. The van der Waals surface area contributed by atoms with Gasteiger partial charge >= 0.3 is 0 Å². The van der Waals surface area contributed by atoms with Crippen molar-refractivity contribution in [1.82, 2.24) is 9.47 Å². The van der Waals surface area contributed by atoms with Gasteiger partial charge in [0.25, 0.3) is 5.91 Å². The highest BCUT2D eigenvalue weighted by Crippen LogP contribution is 2.20. The third-order valence-electron chi connectivity index (χ3n) is 4.73. The summed E-state index contributed by atoms with van der Waals surface area (Å²) in [6.07, 6.45) is 6.95. The lowest BCUT2D eigenvalue weighted by molar-refractivity contribution is 0.0759. The largest absolute Gasteiger partial charge is 0.398 e. The maximum absolute atomic E-state index is 13.0. The van der Waals surface area contributed by atoms with Gasteiger partial charge in [0, 0.05) is 31.5 Å². The standard InChI is InChI=1S/C19H25N3O2/c1-2-10-22-13-14(19(24)21-11-5-3-4-6-12-21)18(23)17-15(20)8-7-9-16(17)22/h7-9,13H,2-6,10-12,20H2,1H3. The molecule has 2 N–H and O–H groups in total. The summed E-state index contributed by atoms with van der Waals surface area (Å²) in [5, 5.41) is 0.464. The van der Waals surface area contributed by atoms with Crippen molar-refractivity contribution in [3.8, 4) is 0 Å². The molecule has 0 aliphatic carbocycles. The number of aromatic nitrogens is 1. The molecule has 24 heavy (non-hydrogen) atoms. The molecule has 128 valence electrons. The average molecular weight is 327 g/mol. The summed E-state index contributed by atoms with van der Waals surface area (Å²) in [5.41, 5.74) is 7.29. The smallest absolute Gasteiger partial charge is 0.259 e. The van der Waals surface area contributed by atoms with E-state index in [9.17, 15) is 9.59 Å². The number of fused-ring (bicyclic) bond motifs is 1. The van der Waals surface area contributed by atoms with Crippen molar-refractivity contribution in [2.24, 2.45) is 0 Å². The normalized spacial score (nSPS) is 15.5. The predicted octanol–water partition coefficient (Wildman–Crippen LogP) is 3.01. The Kier molecular flexibility index (Phi) is 4.88. The van der Waals surface area contributed by atoms with Crippen LogP contribution in [0.3, 0.4) is 0 Å². The molecule has 2 heterocycles. The van der Waals surface area contributed by atoms with Crippen LogP contribution in [0.4, 0.5) is 5.69 Å². The topological polar surface area (TPSA) is 68.3 Å². The van der Waals surface area contributed by atoms with Gasteiger partial charge in [0.05, 0.1) is 10.9 Å². The number of aryl methyl sites for hydroxylation is 1. The average Bonchev–Trinajstić information content (AvgIpc) is 2.86. The first-order valence-electron chi connectivity index (χ1n) is 8.84. The van der Waals surface area contributed by atoms with E-state index >= 15 is 0 Å². The van der Waals surface area contributed by atoms with E-state index in [1.807, 2.05) is 21.6 Å². The van der Waals surface area contributed by atoms with Gasteiger partial charge in [-0.1, -0.05) is 25.8 Å². The number of nitrogens with two attached hydrogens (primary N) is 1. The van der Waals surface area contributed by atoms with Crippen LogP contribution in [0.25, 0.3) is 10.9 Å². The number of benzene rings is 1. The van der Waals surface area contributed by atoms with Crippen LogP contribution < -0.4 is 11.2 Å². The third kappa shape index (κ3) is 3.03. The SMILES string of the molecule is CCCn1cc(C(=O)N2CCCCCC2)c(=O)c2c(N)cccc21. The van der Waals surface area contributed by atoms with Gasteiger partial charge in [0.2, 0.25) is 5.43 Å². The molecule has 2 aromatic rings. The second-order valence-electron chi connectivity index (χ2n) is 6.51. The van der Waals surface area contributed by atoms with Crippen LogP contribution in [-0.2, 0) is 6.54 Å². The van der Waals surface area contributed by atoms with Gasteiger partial charge < -0.3 is 15.2 Å². The Morgan fingerprint density at radius 2 is 1.88 bits per heavy atom. The monoisotopic (exact) mass is 327 g/mol. The molecular weight excluding hydrogens is 302 g/mol. The molecule has 5 nitrogen and oxygen atoms in total. The molecule has 1 saturated heterocycles. The van der Waals surface area contributed by atoms with Crippen molar-refractivity contribution >= 4 is 22.5 Å². The highest BCUT2D eigenvalue weighted by Gasteiger charge is 2.22. The molecule has 0 unspecified atom stereocenters. The van der Waals surface area contributed by atoms with E-state index < -0.39 is 0 Å². The summed E-state index contributed by atoms with van der Waals surface area (Å²) in [4.78, 5) is 27.7. The molecule has 0 spiro atoms. The maximum Gasteiger partial charge on any atom is 0.259 e. The Morgan fingerprint density at radius 1 is 1.17 bits per heavy atom. The number of carbonyl (C=O) groups excluding carboxylic acids is 1. The Labute approximate surface area is 142 Å². The minimum Gasteiger partial charge on any atom is -0.398 e. The molecule has 1 aliphatic rings. The van der Waals surface area contributed by atoms with Crippen molar-refractivity contribution in [2.75, 3.05) is 18.8 Å². The Morgan fingerprint density at radius 3 is 2.54 bits per heavy atom. The molecule has 1 aromatic carbocycles. The van der Waals surface area contributed by atoms with Crippen LogP contribution in [0.15, 0.2) is 29.2 Å². The van der Waals surface area contributed by atoms with Crippen molar-refractivity contribution in [1.29, 1.82) is 0 Å². The van der Waals surface area contributed by atoms with Gasteiger partial charge in [0.15, 0.2) is 0 Å². The van der Waals surface area contributed by atoms with Crippen molar-refractivity contribution < 1.29 is 4.79 Å². The van der Waals surface area contributed by atoms with Gasteiger partial charge in [-0.05, 0) is 31.4 Å². The molecule has 5 heteroatoms. The fourth-order valence-electron chi connectivity index (χ4n) is 3.49. The van der Waals surface area contributed by atoms with Gasteiger partial charge in [-0.15, -0.1) is 0 Å². The second-order valence-corrected chi connectivity index (χ2v) is 6.51. The number of rotatable bonds is 3. The first-order valence-corrected chi connectivity index (χ1v) is 8.84. The zero-order chi connectivity index (χ0) is 17.1. The van der Waals surface area contributed by atoms with Gasteiger partial charge in [-0.2, -0.15) is 0 Å². The molecule has 1 aromatic heterocycles. The fraction of sp³-hybridized carbons (Fsp3) is 0.474. The number of amides is 1. The van der Waals surface area contributed by atoms with Crippen molar-refractivity contribution in [3.63, 3.8) is 0 Å². The zero-order valence-electron chi connectivity index (χ0n) is 14.3. The van der Waals surface area contributed by atoms with Crippen LogP contribution in [0.2, 0.25) is 0 Å². The number of nitrogen functional groups attached to an aromatic ring is 1. The lowest BCUT2D eigenvalue weighted by atomic mass is 10.1. The highest BCUT2D eigenvalue weighted by molar-refractivity contribution is 6.00. The van der Waals surface area contributed by atoms with Crippen LogP contribution in [0.5, 0.6) is 0 Å². The van der Waals surface area contributed by atoms with E-state index in [2.05, 4.69) is 6.92 Å². The molecule has 0 bridgehead atoms. The molecule has 1 fully saturated rings. The van der Waals surface area contributed by atoms with Gasteiger partial charge in [-0.3, -0.25) is 9.59 Å². The first kappa shape index (κ1) is 16.6. The van der Waals surface area contributed by atoms with E-state index in [0.717, 1.165) is 57.3 Å². The van der Waals surface area contributed by atoms with Crippen LogP contribution in [0, 0.1) is 0 Å². The molecule has 0 atom stereocenters. The number of hydrogen-bond donors (Lipinski definition) is 1. The number of pyridine rings is 1. The summed E-state index contributed by atoms with van der Waals surface area (Å²) in [6, 6.07) is 5.46. The predicted molar refractivity (Wildman–Crippen MR) is 97.3 cm³/mol. The van der Waals surface area contributed by atoms with Gasteiger partial charge in [-0.25, -0.2) is 0 Å². The number of likely N-dealkylation sites (tertiary alicyclic amines) is 1. The first-order chi connectivity index (χ1) is 11.6. The summed E-state index contributed by atoms with van der Waals surface area (Å²) in [6.45, 7) is 4.29. The maximum atomic E-state index is 13.0. The highest BCUT2D eigenvalue weighted by atomic mass is 16.2. The second kappa shape index (κ2) is 7.07. The van der Waals surface area contributed by atoms with E-state index in [1.165, 1.54) is 0 Å². The van der Waals surface area contributed by atoms with E-state index in [4.69, 9.17) is 5.73 Å². The number of hydrogen-bond acceptors (Lipinski definition) is 3. The molecule has 1 aliphatic heterocycles. The molecule has 0 radical (unpaired) electrons. The summed E-state index contributed by atoms with van der Waals surface area (Å²) in [5.74, 6) is -0.156. The van der Waals surface area contributed by atoms with Crippen molar-refractivity contribution in [3.05, 3.63) is 40.2 Å². The lowest BCUT2D eigenvalue weighted by Gasteiger charge is -2.21. The Balaban J connectivity index is 2.13. The third-order valence-corrected chi connectivity index (χ3v) is 4.73. The number of anilines is 1. The van der Waals surface area contributed by atoms with E-state index in [0.29, 0.717) is 11.1 Å². The molecule has 3 rings (SSSR count). The Bertz CT molecular complexity index is 802. The summed E-state index contributed by atoms with van der Waals surface area (Å²) in [7, 11) is 0. The number of carbonyl (C=O) groups is 1. The molecular formula is C19H25N3O2. The van der Waals surface area contributed by atoms with Crippen LogP contribution >= 0.6 is 0 Å².